The summed E-state index contributed by atoms with van der Waals surface area (Å²) in [4.78, 5) is 53.8. The molecule has 0 radical (unpaired) electrons. The Labute approximate surface area is 232 Å². The monoisotopic (exact) mass is 551 g/mol. The van der Waals surface area contributed by atoms with Gasteiger partial charge < -0.3 is 25.0 Å². The zero-order valence-electron chi connectivity index (χ0n) is 24.3. The molecule has 9 nitrogen and oxygen atoms in total. The van der Waals surface area contributed by atoms with Crippen molar-refractivity contribution in [3.05, 3.63) is 34.9 Å². The van der Waals surface area contributed by atoms with Crippen molar-refractivity contribution in [1.29, 1.82) is 0 Å². The standard InChI is InChI=1S/C28H45N3O6S/c1-10-28(8,9)31(25(34)21(17-38)30-26(35)37-27(5,6)7)23(20-16-18(3)12-13-19(20)4)24(33)29-15-14-22(32)36-11-2/h12-13,16,21,23,38H,10-11,14-15,17H2,1-9H3,(H,29,33)(H,30,35). The largest absolute Gasteiger partial charge is 0.466 e. The average Bonchev–Trinajstić information content (AvgIpc) is 2.81. The maximum atomic E-state index is 14.1. The number of carbonyl (C=O) groups is 4. The average molecular weight is 552 g/mol. The van der Waals surface area contributed by atoms with Crippen LogP contribution in [0.15, 0.2) is 18.2 Å². The minimum Gasteiger partial charge on any atom is -0.466 e. The van der Waals surface area contributed by atoms with Crippen molar-refractivity contribution in [3.8, 4) is 0 Å². The number of amides is 3. The zero-order chi connectivity index (χ0) is 29.3. The molecule has 2 N–H and O–H groups in total. The molecule has 10 heteroatoms. The van der Waals surface area contributed by atoms with E-state index >= 15 is 0 Å². The summed E-state index contributed by atoms with van der Waals surface area (Å²) in [6, 6.07) is 3.65. The number of carbonyl (C=O) groups excluding carboxylic acids is 4. The lowest BCUT2D eigenvalue weighted by atomic mass is 9.90. The Balaban J connectivity index is 3.54. The predicted octanol–water partition coefficient (Wildman–Crippen LogP) is 4.25. The summed E-state index contributed by atoms with van der Waals surface area (Å²) in [5.41, 5.74) is 0.871. The van der Waals surface area contributed by atoms with E-state index in [9.17, 15) is 19.2 Å². The first-order valence-electron chi connectivity index (χ1n) is 13.0. The van der Waals surface area contributed by atoms with Gasteiger partial charge in [0.15, 0.2) is 0 Å². The number of rotatable bonds is 12. The van der Waals surface area contributed by atoms with Gasteiger partial charge in [-0.2, -0.15) is 12.6 Å². The van der Waals surface area contributed by atoms with Gasteiger partial charge in [0.25, 0.3) is 0 Å². The minimum absolute atomic E-state index is 0.00162. The molecule has 2 unspecified atom stereocenters. The van der Waals surface area contributed by atoms with Crippen molar-refractivity contribution in [2.75, 3.05) is 18.9 Å². The number of thiol groups is 1. The summed E-state index contributed by atoms with van der Waals surface area (Å²) >= 11 is 4.33. The molecule has 1 rings (SSSR count). The quantitative estimate of drug-likeness (QED) is 0.264. The van der Waals surface area contributed by atoms with Crippen LogP contribution in [-0.2, 0) is 23.9 Å². The third-order valence-electron chi connectivity index (χ3n) is 6.10. The SMILES string of the molecule is CCOC(=O)CCNC(=O)C(c1cc(C)ccc1C)N(C(=O)C(CS)NC(=O)OC(C)(C)C)C(C)(C)CC. The van der Waals surface area contributed by atoms with Gasteiger partial charge in [0.1, 0.15) is 17.7 Å². The summed E-state index contributed by atoms with van der Waals surface area (Å²) in [6.45, 7) is 16.7. The van der Waals surface area contributed by atoms with Crippen molar-refractivity contribution in [1.82, 2.24) is 15.5 Å². The molecule has 0 heterocycles. The van der Waals surface area contributed by atoms with Crippen LogP contribution in [0, 0.1) is 13.8 Å². The summed E-state index contributed by atoms with van der Waals surface area (Å²) < 4.78 is 10.3. The Morgan fingerprint density at radius 3 is 2.21 bits per heavy atom. The van der Waals surface area contributed by atoms with Crippen LogP contribution in [0.2, 0.25) is 0 Å². The van der Waals surface area contributed by atoms with E-state index in [2.05, 4.69) is 23.3 Å². The maximum Gasteiger partial charge on any atom is 0.408 e. The molecule has 0 spiro atoms. The van der Waals surface area contributed by atoms with E-state index in [0.29, 0.717) is 12.0 Å². The van der Waals surface area contributed by atoms with Crippen LogP contribution in [0.3, 0.4) is 0 Å². The molecule has 0 saturated carbocycles. The molecule has 1 aromatic rings. The van der Waals surface area contributed by atoms with E-state index in [0.717, 1.165) is 11.1 Å². The Hall–Kier alpha value is -2.75. The number of nitrogens with one attached hydrogen (secondary N) is 2. The van der Waals surface area contributed by atoms with Gasteiger partial charge in [0, 0.05) is 17.8 Å². The second kappa shape index (κ2) is 14.4. The third kappa shape index (κ3) is 9.85. The summed E-state index contributed by atoms with van der Waals surface area (Å²) in [6.07, 6.45) is -0.215. The van der Waals surface area contributed by atoms with Crippen molar-refractivity contribution >= 4 is 36.5 Å². The lowest BCUT2D eigenvalue weighted by Gasteiger charge is -2.45. The van der Waals surface area contributed by atoms with Crippen molar-refractivity contribution in [2.24, 2.45) is 0 Å². The van der Waals surface area contributed by atoms with Gasteiger partial charge in [-0.05, 0) is 72.9 Å². The van der Waals surface area contributed by atoms with Gasteiger partial charge in [-0.3, -0.25) is 14.4 Å². The van der Waals surface area contributed by atoms with Crippen LogP contribution in [0.25, 0.3) is 0 Å². The number of benzene rings is 1. The first-order valence-corrected chi connectivity index (χ1v) is 13.6. The number of esters is 1. The van der Waals surface area contributed by atoms with E-state index in [1.165, 1.54) is 4.90 Å². The molecule has 0 saturated heterocycles. The molecule has 0 aliphatic heterocycles. The molecule has 0 aliphatic carbocycles. The zero-order valence-corrected chi connectivity index (χ0v) is 25.2. The lowest BCUT2D eigenvalue weighted by molar-refractivity contribution is -0.149. The molecular formula is C28H45N3O6S. The van der Waals surface area contributed by atoms with Crippen LogP contribution in [-0.4, -0.2) is 64.9 Å². The molecule has 1 aromatic carbocycles. The first-order chi connectivity index (χ1) is 17.6. The van der Waals surface area contributed by atoms with Gasteiger partial charge in [-0.15, -0.1) is 0 Å². The Bertz CT molecular complexity index is 989. The number of alkyl carbamates (subject to hydrolysis) is 1. The van der Waals surface area contributed by atoms with Gasteiger partial charge in [0.2, 0.25) is 11.8 Å². The first kappa shape index (κ1) is 33.3. The van der Waals surface area contributed by atoms with Crippen LogP contribution >= 0.6 is 12.6 Å². The molecular weight excluding hydrogens is 506 g/mol. The Morgan fingerprint density at radius 1 is 1.05 bits per heavy atom. The van der Waals surface area contributed by atoms with Crippen LogP contribution in [0.5, 0.6) is 0 Å². The van der Waals surface area contributed by atoms with Gasteiger partial charge in [-0.1, -0.05) is 30.7 Å². The summed E-state index contributed by atoms with van der Waals surface area (Å²) in [7, 11) is 0. The normalized spacial score (nSPS) is 13.2. The highest BCUT2D eigenvalue weighted by Crippen LogP contribution is 2.34. The Morgan fingerprint density at radius 2 is 1.68 bits per heavy atom. The van der Waals surface area contributed by atoms with Gasteiger partial charge >= 0.3 is 12.1 Å². The van der Waals surface area contributed by atoms with E-state index in [1.54, 1.807) is 27.7 Å². The topological polar surface area (TPSA) is 114 Å². The molecule has 3 amide bonds. The van der Waals surface area contributed by atoms with E-state index in [-0.39, 0.29) is 25.3 Å². The fourth-order valence-corrected chi connectivity index (χ4v) is 4.07. The molecule has 2 atom stereocenters. The Kier molecular flexibility index (Phi) is 12.6. The molecule has 0 fully saturated rings. The predicted molar refractivity (Wildman–Crippen MR) is 151 cm³/mol. The fraction of sp³-hybridized carbons (Fsp3) is 0.643. The van der Waals surface area contributed by atoms with Crippen LogP contribution in [0.4, 0.5) is 4.79 Å². The van der Waals surface area contributed by atoms with E-state index < -0.39 is 47.1 Å². The molecule has 0 aliphatic rings. The van der Waals surface area contributed by atoms with Crippen molar-refractivity contribution in [2.45, 2.75) is 98.4 Å². The molecule has 38 heavy (non-hydrogen) atoms. The second-order valence-corrected chi connectivity index (χ2v) is 11.2. The molecule has 0 aromatic heterocycles. The highest BCUT2D eigenvalue weighted by molar-refractivity contribution is 7.80. The van der Waals surface area contributed by atoms with Crippen molar-refractivity contribution < 1.29 is 28.7 Å². The number of hydrogen-bond donors (Lipinski definition) is 3. The number of aryl methyl sites for hydroxylation is 2. The minimum atomic E-state index is -1.04. The third-order valence-corrected chi connectivity index (χ3v) is 6.46. The lowest BCUT2D eigenvalue weighted by Crippen LogP contribution is -2.60. The van der Waals surface area contributed by atoms with Crippen LogP contribution < -0.4 is 10.6 Å². The van der Waals surface area contributed by atoms with Crippen molar-refractivity contribution in [3.63, 3.8) is 0 Å². The van der Waals surface area contributed by atoms with E-state index in [4.69, 9.17) is 9.47 Å². The highest BCUT2D eigenvalue weighted by atomic mass is 32.1. The molecule has 214 valence electrons. The number of nitrogens with zero attached hydrogens (tertiary/aromatic N) is 1. The smallest absolute Gasteiger partial charge is 0.408 e. The van der Waals surface area contributed by atoms with Crippen LogP contribution in [0.1, 0.15) is 84.0 Å². The summed E-state index contributed by atoms with van der Waals surface area (Å²) in [5.74, 6) is -1.33. The van der Waals surface area contributed by atoms with Gasteiger partial charge in [0.05, 0.1) is 13.0 Å². The van der Waals surface area contributed by atoms with E-state index in [1.807, 2.05) is 52.8 Å². The molecule has 0 bridgehead atoms. The van der Waals surface area contributed by atoms with Gasteiger partial charge in [-0.25, -0.2) is 4.79 Å². The highest BCUT2D eigenvalue weighted by Gasteiger charge is 2.43. The summed E-state index contributed by atoms with van der Waals surface area (Å²) in [5, 5.41) is 5.43. The number of hydrogen-bond acceptors (Lipinski definition) is 7. The number of ether oxygens (including phenoxy) is 2. The second-order valence-electron chi connectivity index (χ2n) is 10.9. The maximum absolute atomic E-state index is 14.1. The fourth-order valence-electron chi connectivity index (χ4n) is 3.82.